The van der Waals surface area contributed by atoms with Crippen molar-refractivity contribution in [2.45, 2.75) is 38.0 Å². The lowest BCUT2D eigenvalue weighted by Crippen LogP contribution is -2.21. The molecular formula is C24H23ClFN2O3S2-. The number of allylic oxidation sites excluding steroid dienone is 3. The first kappa shape index (κ1) is 23.9. The smallest absolute Gasteiger partial charge is 0.282 e. The third-order valence-corrected chi connectivity index (χ3v) is 8.38. The third-order valence-electron chi connectivity index (χ3n) is 5.84. The number of thioether (sulfide) groups is 1. The van der Waals surface area contributed by atoms with Gasteiger partial charge < -0.3 is 10.0 Å². The molecule has 4 rings (SSSR count). The maximum atomic E-state index is 13.2. The Morgan fingerprint density at radius 1 is 1.21 bits per heavy atom. The molecule has 174 valence electrons. The van der Waals surface area contributed by atoms with Crippen LogP contribution in [-0.4, -0.2) is 27.2 Å². The normalized spacial score (nSPS) is 19.0. The predicted octanol–water partition coefficient (Wildman–Crippen LogP) is 4.90. The standard InChI is InChI=1S/C24H24ClFN2O3S2/c1-15-13-20(25)23(28-10-3-4-11-28)16(2)19(15)14-22(29)24-21(9-12-32-24)27-33(30,31)18-7-5-17(26)6-8-18/h5-9,12-13,29H,3-4,10-11,14H2,1-2H3/p-1/b24-22-,27-21+. The van der Waals surface area contributed by atoms with Gasteiger partial charge in [0.05, 0.1) is 21.3 Å². The molecule has 33 heavy (non-hydrogen) atoms. The van der Waals surface area contributed by atoms with Crippen LogP contribution in [0.5, 0.6) is 0 Å². The Hall–Kier alpha value is -2.29. The van der Waals surface area contributed by atoms with Crippen LogP contribution in [0.4, 0.5) is 10.1 Å². The second kappa shape index (κ2) is 9.52. The quantitative estimate of drug-likeness (QED) is 0.540. The number of sulfonamides is 1. The van der Waals surface area contributed by atoms with E-state index < -0.39 is 15.8 Å². The molecule has 1 saturated heterocycles. The highest BCUT2D eigenvalue weighted by atomic mass is 35.5. The van der Waals surface area contributed by atoms with Crippen LogP contribution >= 0.6 is 23.4 Å². The van der Waals surface area contributed by atoms with Crippen LogP contribution in [0.3, 0.4) is 0 Å². The molecule has 0 spiro atoms. The summed E-state index contributed by atoms with van der Waals surface area (Å²) < 4.78 is 42.4. The van der Waals surface area contributed by atoms with Crippen molar-refractivity contribution in [3.8, 4) is 0 Å². The lowest BCUT2D eigenvalue weighted by atomic mass is 9.96. The summed E-state index contributed by atoms with van der Waals surface area (Å²) in [6, 6.07) is 6.33. The number of anilines is 1. The Balaban J connectivity index is 1.68. The number of rotatable bonds is 5. The van der Waals surface area contributed by atoms with Gasteiger partial charge in [0.15, 0.2) is 0 Å². The van der Waals surface area contributed by atoms with E-state index in [1.807, 2.05) is 19.9 Å². The van der Waals surface area contributed by atoms with E-state index in [9.17, 15) is 17.9 Å². The summed E-state index contributed by atoms with van der Waals surface area (Å²) in [5.41, 5.74) is 3.86. The SMILES string of the molecule is Cc1cc(Cl)c(N2CCCC2)c(C)c1C/C([O-])=C1/SC=C/C1=N\S(=O)(=O)c1ccc(F)cc1. The molecule has 2 heterocycles. The highest BCUT2D eigenvalue weighted by Crippen LogP contribution is 2.38. The first-order chi connectivity index (χ1) is 15.7. The molecule has 0 amide bonds. The fraction of sp³-hybridized carbons (Fsp3) is 0.292. The summed E-state index contributed by atoms with van der Waals surface area (Å²) in [6.45, 7) is 5.78. The van der Waals surface area contributed by atoms with Crippen molar-refractivity contribution in [3.05, 3.63) is 80.0 Å². The minimum Gasteiger partial charge on any atom is -0.874 e. The van der Waals surface area contributed by atoms with Gasteiger partial charge in [0, 0.05) is 18.0 Å². The molecule has 2 aromatic rings. The third kappa shape index (κ3) is 4.98. The summed E-state index contributed by atoms with van der Waals surface area (Å²) in [6.07, 6.45) is 3.85. The Labute approximate surface area is 202 Å². The molecule has 0 unspecified atom stereocenters. The van der Waals surface area contributed by atoms with Gasteiger partial charge in [0.1, 0.15) is 5.82 Å². The van der Waals surface area contributed by atoms with Gasteiger partial charge in [0.2, 0.25) is 0 Å². The highest BCUT2D eigenvalue weighted by molar-refractivity contribution is 8.07. The Bertz CT molecular complexity index is 1280. The van der Waals surface area contributed by atoms with Crippen molar-refractivity contribution >= 4 is 44.8 Å². The second-order valence-corrected chi connectivity index (χ2v) is 11.0. The predicted molar refractivity (Wildman–Crippen MR) is 131 cm³/mol. The molecule has 0 N–H and O–H groups in total. The van der Waals surface area contributed by atoms with E-state index >= 15 is 0 Å². The molecule has 2 aromatic carbocycles. The summed E-state index contributed by atoms with van der Waals surface area (Å²) >= 11 is 7.71. The van der Waals surface area contributed by atoms with E-state index in [-0.39, 0.29) is 27.7 Å². The lowest BCUT2D eigenvalue weighted by Gasteiger charge is -2.26. The number of hydrogen-bond acceptors (Lipinski definition) is 5. The van der Waals surface area contributed by atoms with Gasteiger partial charge in [-0.3, -0.25) is 0 Å². The molecule has 2 aliphatic heterocycles. The number of benzene rings is 2. The zero-order valence-electron chi connectivity index (χ0n) is 18.3. The van der Waals surface area contributed by atoms with Crippen molar-refractivity contribution in [1.29, 1.82) is 0 Å². The molecule has 0 saturated carbocycles. The van der Waals surface area contributed by atoms with Crippen LogP contribution in [0.2, 0.25) is 5.02 Å². The molecule has 9 heteroatoms. The van der Waals surface area contributed by atoms with E-state index in [4.69, 9.17) is 11.6 Å². The summed E-state index contributed by atoms with van der Waals surface area (Å²) in [5.74, 6) is -0.749. The number of nitrogens with zero attached hydrogens (tertiary/aromatic N) is 2. The van der Waals surface area contributed by atoms with Crippen molar-refractivity contribution < 1.29 is 17.9 Å². The van der Waals surface area contributed by atoms with Crippen molar-refractivity contribution in [3.63, 3.8) is 0 Å². The van der Waals surface area contributed by atoms with Gasteiger partial charge in [-0.15, -0.1) is 5.76 Å². The minimum absolute atomic E-state index is 0.0957. The Kier molecular flexibility index (Phi) is 6.88. The average Bonchev–Trinajstić information content (AvgIpc) is 3.43. The van der Waals surface area contributed by atoms with Crippen molar-refractivity contribution in [2.75, 3.05) is 18.0 Å². The minimum atomic E-state index is -4.08. The maximum absolute atomic E-state index is 13.2. The first-order valence-corrected chi connectivity index (χ1v) is 13.2. The van der Waals surface area contributed by atoms with Crippen molar-refractivity contribution in [2.24, 2.45) is 4.40 Å². The zero-order chi connectivity index (χ0) is 23.8. The maximum Gasteiger partial charge on any atom is 0.282 e. The average molecular weight is 506 g/mol. The molecular weight excluding hydrogens is 483 g/mol. The zero-order valence-corrected chi connectivity index (χ0v) is 20.7. The van der Waals surface area contributed by atoms with E-state index in [1.54, 1.807) is 5.41 Å². The number of aryl methyl sites for hydroxylation is 1. The van der Waals surface area contributed by atoms with Crippen LogP contribution in [0.15, 0.2) is 61.8 Å². The van der Waals surface area contributed by atoms with E-state index in [2.05, 4.69) is 9.30 Å². The van der Waals surface area contributed by atoms with Gasteiger partial charge in [-0.05, 0) is 91.6 Å². The molecule has 1 fully saturated rings. The van der Waals surface area contributed by atoms with Gasteiger partial charge in [-0.2, -0.15) is 12.8 Å². The number of hydrogen-bond donors (Lipinski definition) is 0. The number of halogens is 2. The molecule has 0 radical (unpaired) electrons. The van der Waals surface area contributed by atoms with Crippen LogP contribution in [-0.2, 0) is 16.4 Å². The monoisotopic (exact) mass is 505 g/mol. The second-order valence-electron chi connectivity index (χ2n) is 8.08. The van der Waals surface area contributed by atoms with E-state index in [0.717, 1.165) is 84.3 Å². The van der Waals surface area contributed by atoms with Gasteiger partial charge in [0.25, 0.3) is 10.0 Å². The van der Waals surface area contributed by atoms with Crippen LogP contribution < -0.4 is 10.0 Å². The highest BCUT2D eigenvalue weighted by Gasteiger charge is 2.22. The molecule has 0 bridgehead atoms. The van der Waals surface area contributed by atoms with Crippen molar-refractivity contribution in [1.82, 2.24) is 0 Å². The molecule has 2 aliphatic rings. The fourth-order valence-electron chi connectivity index (χ4n) is 4.18. The van der Waals surface area contributed by atoms with E-state index in [0.29, 0.717) is 5.02 Å². The largest absolute Gasteiger partial charge is 0.874 e. The van der Waals surface area contributed by atoms with Crippen LogP contribution in [0.25, 0.3) is 0 Å². The Morgan fingerprint density at radius 2 is 1.88 bits per heavy atom. The van der Waals surface area contributed by atoms with Crippen LogP contribution in [0, 0.1) is 19.7 Å². The lowest BCUT2D eigenvalue weighted by molar-refractivity contribution is -0.305. The van der Waals surface area contributed by atoms with Gasteiger partial charge in [-0.1, -0.05) is 23.4 Å². The van der Waals surface area contributed by atoms with Crippen LogP contribution in [0.1, 0.15) is 29.5 Å². The Morgan fingerprint density at radius 3 is 2.55 bits per heavy atom. The summed E-state index contributed by atoms with van der Waals surface area (Å²) in [5, 5.41) is 15.6. The topological polar surface area (TPSA) is 72.8 Å². The summed E-state index contributed by atoms with van der Waals surface area (Å²) in [7, 11) is -4.08. The molecule has 0 aromatic heterocycles. The molecule has 0 aliphatic carbocycles. The van der Waals surface area contributed by atoms with E-state index in [1.165, 1.54) is 6.08 Å². The molecule has 0 atom stereocenters. The molecule has 5 nitrogen and oxygen atoms in total. The first-order valence-electron chi connectivity index (χ1n) is 10.5. The van der Waals surface area contributed by atoms with Gasteiger partial charge >= 0.3 is 0 Å². The summed E-state index contributed by atoms with van der Waals surface area (Å²) in [4.78, 5) is 2.40. The fourth-order valence-corrected chi connectivity index (χ4v) is 6.43. The van der Waals surface area contributed by atoms with Gasteiger partial charge in [-0.25, -0.2) is 4.39 Å².